The van der Waals surface area contributed by atoms with Crippen LogP contribution in [0.5, 0.6) is 0 Å². The Kier molecular flexibility index (Phi) is 6.62. The maximum Gasteiger partial charge on any atom is 0.416 e. The highest BCUT2D eigenvalue weighted by Crippen LogP contribution is 2.38. The number of fused-ring (bicyclic) bond motifs is 3. The van der Waals surface area contributed by atoms with Crippen LogP contribution in [0.2, 0.25) is 0 Å². The van der Waals surface area contributed by atoms with Crippen molar-refractivity contribution in [3.63, 3.8) is 0 Å². The van der Waals surface area contributed by atoms with Crippen molar-refractivity contribution in [1.82, 2.24) is 19.9 Å². The number of hydrogen-bond donors (Lipinski definition) is 2. The summed E-state index contributed by atoms with van der Waals surface area (Å²) in [4.78, 5) is 30.0. The van der Waals surface area contributed by atoms with Crippen molar-refractivity contribution in [2.75, 3.05) is 49.8 Å². The quantitative estimate of drug-likeness (QED) is 0.544. The predicted molar refractivity (Wildman–Crippen MR) is 129 cm³/mol. The number of halogens is 3. The third-order valence-electron chi connectivity index (χ3n) is 5.68. The van der Waals surface area contributed by atoms with Gasteiger partial charge >= 0.3 is 6.18 Å². The summed E-state index contributed by atoms with van der Waals surface area (Å²) in [5.74, 6) is 0.655. The minimum atomic E-state index is -4.52. The predicted octanol–water partition coefficient (Wildman–Crippen LogP) is 4.10. The van der Waals surface area contributed by atoms with Gasteiger partial charge in [-0.25, -0.2) is 15.0 Å². The van der Waals surface area contributed by atoms with Crippen LogP contribution < -0.4 is 15.5 Å². The first-order valence-electron chi connectivity index (χ1n) is 11.0. The topological polar surface area (TPSA) is 86.3 Å². The molecule has 0 aliphatic carbocycles. The molecule has 0 radical (unpaired) electrons. The lowest BCUT2D eigenvalue weighted by atomic mass is 10.0. The fraction of sp³-hybridized carbons (Fsp3) is 0.333. The van der Waals surface area contributed by atoms with E-state index in [0.29, 0.717) is 22.5 Å². The second-order valence-electron chi connectivity index (χ2n) is 8.70. The van der Waals surface area contributed by atoms with Gasteiger partial charge in [0.2, 0.25) is 11.9 Å². The van der Waals surface area contributed by atoms with E-state index < -0.39 is 17.6 Å². The Morgan fingerprint density at radius 1 is 1.09 bits per heavy atom. The molecule has 3 aromatic rings. The number of anilines is 4. The van der Waals surface area contributed by atoms with Gasteiger partial charge in [-0.2, -0.15) is 13.2 Å². The Labute approximate surface area is 201 Å². The molecule has 0 bridgehead atoms. The van der Waals surface area contributed by atoms with Crippen molar-refractivity contribution in [1.29, 1.82) is 0 Å². The van der Waals surface area contributed by atoms with E-state index in [-0.39, 0.29) is 18.1 Å². The van der Waals surface area contributed by atoms with E-state index in [0.717, 1.165) is 36.7 Å². The highest BCUT2D eigenvalue weighted by Gasteiger charge is 2.32. The average molecular weight is 486 g/mol. The summed E-state index contributed by atoms with van der Waals surface area (Å²) in [6.45, 7) is 3.58. The third kappa shape index (κ3) is 5.51. The van der Waals surface area contributed by atoms with E-state index in [4.69, 9.17) is 0 Å². The molecule has 8 nitrogen and oxygen atoms in total. The lowest BCUT2D eigenvalue weighted by Crippen LogP contribution is -2.29. The fourth-order valence-corrected chi connectivity index (χ4v) is 3.70. The summed E-state index contributed by atoms with van der Waals surface area (Å²) in [7, 11) is 6.00. The first kappa shape index (κ1) is 24.4. The van der Waals surface area contributed by atoms with Crippen LogP contribution in [0.1, 0.15) is 16.8 Å². The standard InChI is InChI=1S/C24H26F3N7O/c1-14-18(7-8-20(29-14)34(4)10-9-33(2)3)31-23-28-13-15-11-21(35)30-19-12-16(24(25,26)27)5-6-17(19)22(15)32-23/h5-8,12-13H,9-11H2,1-4H3,(H,30,35)(H,28,31,32). The zero-order valence-corrected chi connectivity index (χ0v) is 19.9. The normalized spacial score (nSPS) is 13.1. The maximum absolute atomic E-state index is 13.2. The first-order chi connectivity index (χ1) is 16.5. The van der Waals surface area contributed by atoms with Crippen molar-refractivity contribution in [3.05, 3.63) is 53.3 Å². The van der Waals surface area contributed by atoms with E-state index in [1.54, 1.807) is 0 Å². The molecular formula is C24H26F3N7O. The molecule has 0 saturated carbocycles. The van der Waals surface area contributed by atoms with Crippen LogP contribution in [0.25, 0.3) is 11.3 Å². The Balaban J connectivity index is 1.63. The van der Waals surface area contributed by atoms with Crippen LogP contribution in [-0.4, -0.2) is 60.0 Å². The van der Waals surface area contributed by atoms with Crippen LogP contribution in [-0.2, 0) is 17.4 Å². The lowest BCUT2D eigenvalue weighted by molar-refractivity contribution is -0.137. The number of nitrogens with zero attached hydrogens (tertiary/aromatic N) is 5. The summed E-state index contributed by atoms with van der Waals surface area (Å²) < 4.78 is 39.6. The van der Waals surface area contributed by atoms with Gasteiger partial charge in [0.25, 0.3) is 0 Å². The minimum Gasteiger partial charge on any atom is -0.358 e. The summed E-state index contributed by atoms with van der Waals surface area (Å²) in [6.07, 6.45) is -3.05. The number of hydrogen-bond acceptors (Lipinski definition) is 7. The number of amides is 1. The number of alkyl halides is 3. The zero-order chi connectivity index (χ0) is 25.3. The SMILES string of the molecule is Cc1nc(N(C)CCN(C)C)ccc1Nc1ncc2c(n1)-c1ccc(C(F)(F)F)cc1NC(=O)C2. The Morgan fingerprint density at radius 3 is 2.54 bits per heavy atom. The van der Waals surface area contributed by atoms with Gasteiger partial charge in [-0.05, 0) is 45.3 Å². The molecule has 1 amide bonds. The van der Waals surface area contributed by atoms with Gasteiger partial charge in [0, 0.05) is 37.5 Å². The molecule has 0 atom stereocenters. The molecule has 4 rings (SSSR count). The van der Waals surface area contributed by atoms with Gasteiger partial charge in [-0.3, -0.25) is 4.79 Å². The summed E-state index contributed by atoms with van der Waals surface area (Å²) in [5, 5.41) is 5.69. The van der Waals surface area contributed by atoms with E-state index in [2.05, 4.69) is 35.4 Å². The summed E-state index contributed by atoms with van der Waals surface area (Å²) >= 11 is 0. The summed E-state index contributed by atoms with van der Waals surface area (Å²) in [6, 6.07) is 7.01. The molecule has 0 unspecified atom stereocenters. The summed E-state index contributed by atoms with van der Waals surface area (Å²) in [5.41, 5.74) is 1.99. The molecule has 1 aromatic carbocycles. The first-order valence-corrected chi connectivity index (χ1v) is 11.0. The van der Waals surface area contributed by atoms with Gasteiger partial charge in [0.1, 0.15) is 5.82 Å². The van der Waals surface area contributed by atoms with Crippen LogP contribution in [0.3, 0.4) is 0 Å². The fourth-order valence-electron chi connectivity index (χ4n) is 3.70. The molecule has 11 heteroatoms. The van der Waals surface area contributed by atoms with Gasteiger partial charge in [0.15, 0.2) is 0 Å². The number of nitrogens with one attached hydrogen (secondary N) is 2. The van der Waals surface area contributed by atoms with Crippen molar-refractivity contribution in [2.45, 2.75) is 19.5 Å². The van der Waals surface area contributed by atoms with Crippen molar-refractivity contribution < 1.29 is 18.0 Å². The molecule has 184 valence electrons. The van der Waals surface area contributed by atoms with Crippen molar-refractivity contribution >= 4 is 29.0 Å². The number of carbonyl (C=O) groups is 1. The second kappa shape index (κ2) is 9.49. The Morgan fingerprint density at radius 2 is 1.86 bits per heavy atom. The Bertz CT molecular complexity index is 1260. The largest absolute Gasteiger partial charge is 0.416 e. The molecule has 3 heterocycles. The Hall–Kier alpha value is -3.73. The molecule has 1 aliphatic rings. The number of carbonyl (C=O) groups excluding carboxylic acids is 1. The maximum atomic E-state index is 13.2. The van der Waals surface area contributed by atoms with E-state index >= 15 is 0 Å². The third-order valence-corrected chi connectivity index (χ3v) is 5.68. The molecular weight excluding hydrogens is 459 g/mol. The average Bonchev–Trinajstić information content (AvgIpc) is 2.92. The highest BCUT2D eigenvalue weighted by molar-refractivity contribution is 6.00. The zero-order valence-electron chi connectivity index (χ0n) is 19.9. The molecule has 35 heavy (non-hydrogen) atoms. The second-order valence-corrected chi connectivity index (χ2v) is 8.70. The number of pyridine rings is 1. The van der Waals surface area contributed by atoms with E-state index in [1.165, 1.54) is 12.3 Å². The van der Waals surface area contributed by atoms with Gasteiger partial charge in [0.05, 0.1) is 34.7 Å². The van der Waals surface area contributed by atoms with Crippen molar-refractivity contribution in [2.24, 2.45) is 0 Å². The van der Waals surface area contributed by atoms with Crippen LogP contribution in [0, 0.1) is 6.92 Å². The van der Waals surface area contributed by atoms with E-state index in [1.807, 2.05) is 40.2 Å². The molecule has 1 aliphatic heterocycles. The van der Waals surface area contributed by atoms with Crippen LogP contribution >= 0.6 is 0 Å². The van der Waals surface area contributed by atoms with Crippen LogP contribution in [0.15, 0.2) is 36.5 Å². The smallest absolute Gasteiger partial charge is 0.358 e. The number of aromatic nitrogens is 3. The number of benzene rings is 1. The minimum absolute atomic E-state index is 0.0415. The van der Waals surface area contributed by atoms with Gasteiger partial charge in [-0.15, -0.1) is 0 Å². The van der Waals surface area contributed by atoms with E-state index in [9.17, 15) is 18.0 Å². The molecule has 0 fully saturated rings. The number of aryl methyl sites for hydroxylation is 1. The lowest BCUT2D eigenvalue weighted by Gasteiger charge is -2.21. The number of likely N-dealkylation sites (N-methyl/N-ethyl adjacent to an activating group) is 2. The van der Waals surface area contributed by atoms with Gasteiger partial charge in [-0.1, -0.05) is 6.07 Å². The molecule has 2 aromatic heterocycles. The molecule has 0 spiro atoms. The van der Waals surface area contributed by atoms with Gasteiger partial charge < -0.3 is 20.4 Å². The molecule has 2 N–H and O–H groups in total. The monoisotopic (exact) mass is 485 g/mol. The van der Waals surface area contributed by atoms with Crippen LogP contribution in [0.4, 0.5) is 36.3 Å². The number of rotatable bonds is 6. The van der Waals surface area contributed by atoms with Crippen molar-refractivity contribution in [3.8, 4) is 11.3 Å². The molecule has 0 saturated heterocycles. The highest BCUT2D eigenvalue weighted by atomic mass is 19.4.